The summed E-state index contributed by atoms with van der Waals surface area (Å²) in [5.74, 6) is -0.318. The fourth-order valence-corrected chi connectivity index (χ4v) is 9.02. The van der Waals surface area contributed by atoms with Gasteiger partial charge in [0.15, 0.2) is 0 Å². The normalized spacial score (nSPS) is 20.0. The standard InChI is InChI=1S/C46H54ClF3N8O7/c1-26-19-36(58(24-26)42(60)39(55-44(62)63-6)30-13-17-64-18-14-30)40-52-23-35(54-40)29-9-7-28(8-10-29)32-20-34(47)33(21-37(32)65-46(48,49)50)41(59)53-31-11-12-38(51-22-31)57-16-15-56(25-27(57)2)43(61)45(3,4)5/h7-12,20-23,26-27,30,36,39H,13-19,24-25H2,1-6H3,(H,52,54)(H,53,59)(H,55,62)/t26-,27+,36-,39-/m0/s1. The van der Waals surface area contributed by atoms with Crippen LogP contribution in [0.3, 0.4) is 0 Å². The first-order chi connectivity index (χ1) is 30.8. The molecule has 348 valence electrons. The quantitative estimate of drug-likeness (QED) is 0.141. The summed E-state index contributed by atoms with van der Waals surface area (Å²) in [7, 11) is 1.25. The van der Waals surface area contributed by atoms with Crippen molar-refractivity contribution in [1.82, 2.24) is 30.1 Å². The van der Waals surface area contributed by atoms with E-state index in [2.05, 4.69) is 35.2 Å². The molecule has 0 spiro atoms. The lowest BCUT2D eigenvalue weighted by Gasteiger charge is -2.42. The number of imidazole rings is 1. The summed E-state index contributed by atoms with van der Waals surface area (Å²) >= 11 is 6.60. The molecule has 0 radical (unpaired) electrons. The Kier molecular flexibility index (Phi) is 14.0. The zero-order chi connectivity index (χ0) is 46.8. The number of rotatable bonds is 10. The number of likely N-dealkylation sites (tertiary alicyclic amines) is 1. The second-order valence-electron chi connectivity index (χ2n) is 17.9. The first-order valence-corrected chi connectivity index (χ1v) is 22.0. The van der Waals surface area contributed by atoms with Crippen molar-refractivity contribution in [2.45, 2.75) is 78.4 Å². The minimum Gasteiger partial charge on any atom is -0.453 e. The summed E-state index contributed by atoms with van der Waals surface area (Å²) in [6.07, 6.45) is -0.836. The van der Waals surface area contributed by atoms with E-state index in [1.165, 1.54) is 19.4 Å². The number of carbonyl (C=O) groups excluding carboxylic acids is 4. The SMILES string of the molecule is COC(=O)N[C@H](C(=O)N1C[C@@H](C)C[C@H]1c1ncc(-c2ccc(-c3cc(Cl)c(C(=O)Nc4ccc(N5CCN(C(=O)C(C)(C)C)C[C@H]5C)nc4)cc3OC(F)(F)F)cc2)[nH]1)C1CCOCC1. The molecule has 65 heavy (non-hydrogen) atoms. The largest absolute Gasteiger partial charge is 0.573 e. The number of alkyl halides is 3. The van der Waals surface area contributed by atoms with Gasteiger partial charge in [0.25, 0.3) is 5.91 Å². The predicted octanol–water partition coefficient (Wildman–Crippen LogP) is 8.09. The van der Waals surface area contributed by atoms with Crippen LogP contribution in [0.4, 0.5) is 29.5 Å². The average molecular weight is 923 g/mol. The summed E-state index contributed by atoms with van der Waals surface area (Å²) in [4.78, 5) is 70.9. The molecule has 4 aromatic rings. The van der Waals surface area contributed by atoms with Gasteiger partial charge < -0.3 is 44.5 Å². The van der Waals surface area contributed by atoms with Crippen molar-refractivity contribution < 1.29 is 46.6 Å². The van der Waals surface area contributed by atoms with Gasteiger partial charge in [0.05, 0.1) is 47.5 Å². The van der Waals surface area contributed by atoms with Gasteiger partial charge in [-0.25, -0.2) is 14.8 Å². The van der Waals surface area contributed by atoms with Crippen LogP contribution in [-0.4, -0.2) is 114 Å². The second-order valence-corrected chi connectivity index (χ2v) is 18.4. The fraction of sp³-hybridized carbons (Fsp3) is 0.478. The maximum Gasteiger partial charge on any atom is 0.573 e. The Hall–Kier alpha value is -5.88. The van der Waals surface area contributed by atoms with Crippen molar-refractivity contribution in [1.29, 1.82) is 0 Å². The van der Waals surface area contributed by atoms with Crippen LogP contribution in [0.1, 0.15) is 76.1 Å². The molecule has 4 amide bonds. The number of hydrogen-bond acceptors (Lipinski definition) is 10. The third kappa shape index (κ3) is 11.0. The molecule has 2 aromatic carbocycles. The highest BCUT2D eigenvalue weighted by Crippen LogP contribution is 2.40. The van der Waals surface area contributed by atoms with E-state index < -0.39 is 41.6 Å². The summed E-state index contributed by atoms with van der Waals surface area (Å²) < 4.78 is 56.3. The lowest BCUT2D eigenvalue weighted by atomic mass is 9.90. The van der Waals surface area contributed by atoms with Crippen molar-refractivity contribution in [2.24, 2.45) is 17.3 Å². The molecular weight excluding hydrogens is 869 g/mol. The van der Waals surface area contributed by atoms with E-state index in [9.17, 15) is 32.3 Å². The highest BCUT2D eigenvalue weighted by molar-refractivity contribution is 6.35. The lowest BCUT2D eigenvalue weighted by molar-refractivity contribution is -0.274. The number of alkyl carbamates (subject to hydrolysis) is 1. The van der Waals surface area contributed by atoms with Gasteiger partial charge >= 0.3 is 12.5 Å². The van der Waals surface area contributed by atoms with E-state index in [-0.39, 0.29) is 45.8 Å². The molecule has 0 aliphatic carbocycles. The van der Waals surface area contributed by atoms with Crippen LogP contribution >= 0.6 is 11.6 Å². The Labute approximate surface area is 380 Å². The van der Waals surface area contributed by atoms with Crippen molar-refractivity contribution in [3.05, 3.63) is 77.3 Å². The van der Waals surface area contributed by atoms with Crippen LogP contribution in [0.15, 0.2) is 60.9 Å². The van der Waals surface area contributed by atoms with Crippen molar-refractivity contribution >= 4 is 46.9 Å². The number of pyridine rings is 1. The van der Waals surface area contributed by atoms with Gasteiger partial charge in [-0.2, -0.15) is 0 Å². The molecule has 4 atom stereocenters. The van der Waals surface area contributed by atoms with Crippen LogP contribution in [0.25, 0.3) is 22.4 Å². The number of halogens is 4. The Balaban J connectivity index is 1.05. The molecule has 15 nitrogen and oxygen atoms in total. The van der Waals surface area contributed by atoms with Gasteiger partial charge in [0.2, 0.25) is 11.8 Å². The molecule has 0 unspecified atom stereocenters. The van der Waals surface area contributed by atoms with Crippen LogP contribution < -0.4 is 20.3 Å². The molecular formula is C46H54ClF3N8O7. The zero-order valence-electron chi connectivity index (χ0n) is 37.1. The number of aromatic amines is 1. The van der Waals surface area contributed by atoms with E-state index in [1.807, 2.05) is 39.5 Å². The molecule has 3 fully saturated rings. The Morgan fingerprint density at radius 3 is 2.28 bits per heavy atom. The minimum atomic E-state index is -5.09. The molecule has 3 aliphatic heterocycles. The predicted molar refractivity (Wildman–Crippen MR) is 237 cm³/mol. The van der Waals surface area contributed by atoms with Gasteiger partial charge in [-0.05, 0) is 73.4 Å². The van der Waals surface area contributed by atoms with Crippen LogP contribution in [0, 0.1) is 17.3 Å². The zero-order valence-corrected chi connectivity index (χ0v) is 37.9. The number of methoxy groups -OCH3 is 1. The second kappa shape index (κ2) is 19.3. The first-order valence-electron chi connectivity index (χ1n) is 21.6. The number of aromatic nitrogens is 3. The maximum absolute atomic E-state index is 14.1. The van der Waals surface area contributed by atoms with E-state index in [0.717, 1.165) is 6.07 Å². The van der Waals surface area contributed by atoms with Gasteiger partial charge in [-0.15, -0.1) is 13.2 Å². The highest BCUT2D eigenvalue weighted by Gasteiger charge is 2.42. The van der Waals surface area contributed by atoms with E-state index in [4.69, 9.17) is 21.1 Å². The number of piperazine rings is 1. The highest BCUT2D eigenvalue weighted by atomic mass is 35.5. The molecule has 5 heterocycles. The smallest absolute Gasteiger partial charge is 0.453 e. The molecule has 0 saturated carbocycles. The number of H-pyrrole nitrogens is 1. The van der Waals surface area contributed by atoms with E-state index >= 15 is 0 Å². The van der Waals surface area contributed by atoms with Crippen molar-refractivity contribution in [3.63, 3.8) is 0 Å². The number of carbonyl (C=O) groups is 4. The van der Waals surface area contributed by atoms with E-state index in [0.29, 0.717) is 92.8 Å². The number of hydrogen-bond donors (Lipinski definition) is 3. The Morgan fingerprint density at radius 1 is 0.938 bits per heavy atom. The van der Waals surface area contributed by atoms with Crippen LogP contribution in [-0.2, 0) is 19.1 Å². The van der Waals surface area contributed by atoms with Crippen molar-refractivity contribution in [3.8, 4) is 28.1 Å². The summed E-state index contributed by atoms with van der Waals surface area (Å²) in [6.45, 7) is 12.8. The van der Waals surface area contributed by atoms with Gasteiger partial charge in [-0.3, -0.25) is 14.4 Å². The summed E-state index contributed by atoms with van der Waals surface area (Å²) in [6, 6.07) is 11.0. The number of benzene rings is 2. The molecule has 19 heteroatoms. The number of nitrogens with one attached hydrogen (secondary N) is 3. The van der Waals surface area contributed by atoms with Crippen LogP contribution in [0.2, 0.25) is 5.02 Å². The van der Waals surface area contributed by atoms with Gasteiger partial charge in [0, 0.05) is 56.4 Å². The summed E-state index contributed by atoms with van der Waals surface area (Å²) in [5, 5.41) is 5.31. The molecule has 3 aliphatic rings. The molecule has 7 rings (SSSR count). The van der Waals surface area contributed by atoms with Gasteiger partial charge in [0.1, 0.15) is 23.4 Å². The topological polar surface area (TPSA) is 171 Å². The Bertz CT molecular complexity index is 2370. The fourth-order valence-electron chi connectivity index (χ4n) is 8.77. The number of nitrogens with zero attached hydrogens (tertiary/aromatic N) is 5. The van der Waals surface area contributed by atoms with Crippen molar-refractivity contribution in [2.75, 3.05) is 56.7 Å². The molecule has 3 N–H and O–H groups in total. The number of amides is 4. The monoisotopic (exact) mass is 922 g/mol. The first kappa shape index (κ1) is 47.1. The molecule has 3 saturated heterocycles. The lowest BCUT2D eigenvalue weighted by Crippen LogP contribution is -2.56. The number of anilines is 2. The average Bonchev–Trinajstić information content (AvgIpc) is 3.92. The Morgan fingerprint density at radius 2 is 1.65 bits per heavy atom. The molecule has 0 bridgehead atoms. The molecule has 2 aromatic heterocycles. The van der Waals surface area contributed by atoms with Gasteiger partial charge in [-0.1, -0.05) is 63.6 Å². The minimum absolute atomic E-state index is 0.00101. The third-order valence-electron chi connectivity index (χ3n) is 12.1. The maximum atomic E-state index is 14.1. The number of ether oxygens (including phenoxy) is 3. The summed E-state index contributed by atoms with van der Waals surface area (Å²) in [5.41, 5.74) is 1.16. The van der Waals surface area contributed by atoms with Crippen LogP contribution in [0.5, 0.6) is 5.75 Å². The third-order valence-corrected chi connectivity index (χ3v) is 12.4. The van der Waals surface area contributed by atoms with E-state index in [1.54, 1.807) is 47.5 Å².